The fraction of sp³-hybridized carbons (Fsp3) is 0.300. The Morgan fingerprint density at radius 3 is 2.54 bits per heavy atom. The molecule has 1 fully saturated rings. The Morgan fingerprint density at radius 2 is 1.85 bits per heavy atom. The molecule has 0 aromatic heterocycles. The summed E-state index contributed by atoms with van der Waals surface area (Å²) in [5.41, 5.74) is 2.51. The van der Waals surface area contributed by atoms with Gasteiger partial charge in [-0.15, -0.1) is 0 Å². The van der Waals surface area contributed by atoms with E-state index in [0.29, 0.717) is 31.7 Å². The van der Waals surface area contributed by atoms with Crippen LogP contribution in [-0.2, 0) is 20.7 Å². The summed E-state index contributed by atoms with van der Waals surface area (Å²) in [6.07, 6.45) is 1.81. The van der Waals surface area contributed by atoms with Crippen molar-refractivity contribution in [3.8, 4) is 0 Å². The summed E-state index contributed by atoms with van der Waals surface area (Å²) in [6, 6.07) is 13.5. The predicted octanol–water partition coefficient (Wildman–Crippen LogP) is 3.15. The van der Waals surface area contributed by atoms with Gasteiger partial charge in [-0.1, -0.05) is 12.1 Å². The van der Waals surface area contributed by atoms with Crippen LogP contribution in [0.4, 0.5) is 15.8 Å². The maximum absolute atomic E-state index is 12.9. The van der Waals surface area contributed by atoms with Crippen molar-refractivity contribution in [3.63, 3.8) is 0 Å². The lowest BCUT2D eigenvalue weighted by atomic mass is 10.1. The summed E-state index contributed by atoms with van der Waals surface area (Å²) in [6.45, 7) is 1.17. The zero-order chi connectivity index (χ0) is 18.4. The number of aryl methyl sites for hydroxylation is 1. The van der Waals surface area contributed by atoms with Gasteiger partial charge in [0.25, 0.3) is 5.91 Å². The number of amides is 2. The van der Waals surface area contributed by atoms with Gasteiger partial charge in [0.15, 0.2) is 0 Å². The molecule has 2 amide bonds. The van der Waals surface area contributed by atoms with E-state index in [1.807, 2.05) is 12.1 Å². The fourth-order valence-electron chi connectivity index (χ4n) is 2.84. The first kappa shape index (κ1) is 18.1. The van der Waals surface area contributed by atoms with E-state index in [1.54, 1.807) is 29.2 Å². The van der Waals surface area contributed by atoms with E-state index in [0.717, 1.165) is 17.7 Å². The predicted molar refractivity (Wildman–Crippen MR) is 97.6 cm³/mol. The van der Waals surface area contributed by atoms with Gasteiger partial charge in [-0.2, -0.15) is 0 Å². The number of carbonyl (C=O) groups excluding carboxylic acids is 2. The van der Waals surface area contributed by atoms with Crippen molar-refractivity contribution in [2.24, 2.45) is 0 Å². The SMILES string of the molecule is O=C(CCCc1ccc(F)cc1)Nc1ccc(N2CCOCC2=O)cc1. The van der Waals surface area contributed by atoms with Crippen LogP contribution in [0.1, 0.15) is 18.4 Å². The highest BCUT2D eigenvalue weighted by Gasteiger charge is 2.19. The van der Waals surface area contributed by atoms with E-state index in [1.165, 1.54) is 12.1 Å². The van der Waals surface area contributed by atoms with Crippen LogP contribution in [0.25, 0.3) is 0 Å². The molecule has 136 valence electrons. The number of hydrogen-bond acceptors (Lipinski definition) is 3. The molecule has 6 heteroatoms. The molecule has 2 aromatic carbocycles. The zero-order valence-electron chi connectivity index (χ0n) is 14.4. The largest absolute Gasteiger partial charge is 0.370 e. The minimum absolute atomic E-state index is 0.0613. The van der Waals surface area contributed by atoms with Crippen molar-refractivity contribution < 1.29 is 18.7 Å². The first-order valence-electron chi connectivity index (χ1n) is 8.64. The van der Waals surface area contributed by atoms with Crippen molar-refractivity contribution >= 4 is 23.2 Å². The number of ether oxygens (including phenoxy) is 1. The molecule has 5 nitrogen and oxygen atoms in total. The third-order valence-electron chi connectivity index (χ3n) is 4.23. The molecule has 1 saturated heterocycles. The Hall–Kier alpha value is -2.73. The first-order chi connectivity index (χ1) is 12.6. The summed E-state index contributed by atoms with van der Waals surface area (Å²) < 4.78 is 18.0. The van der Waals surface area contributed by atoms with Crippen LogP contribution in [-0.4, -0.2) is 31.6 Å². The van der Waals surface area contributed by atoms with E-state index < -0.39 is 0 Å². The standard InChI is InChI=1S/C20H21FN2O3/c21-16-6-4-15(5-7-16)2-1-3-19(24)22-17-8-10-18(11-9-17)23-12-13-26-14-20(23)25/h4-11H,1-3,12-14H2,(H,22,24). The van der Waals surface area contributed by atoms with Gasteiger partial charge >= 0.3 is 0 Å². The number of nitrogens with one attached hydrogen (secondary N) is 1. The molecule has 0 atom stereocenters. The van der Waals surface area contributed by atoms with E-state index in [2.05, 4.69) is 5.32 Å². The lowest BCUT2D eigenvalue weighted by molar-refractivity contribution is -0.125. The maximum Gasteiger partial charge on any atom is 0.253 e. The van der Waals surface area contributed by atoms with Gasteiger partial charge in [0, 0.05) is 24.3 Å². The Labute approximate surface area is 151 Å². The van der Waals surface area contributed by atoms with Crippen LogP contribution >= 0.6 is 0 Å². The number of anilines is 2. The van der Waals surface area contributed by atoms with Crippen LogP contribution in [0, 0.1) is 5.82 Å². The summed E-state index contributed by atoms with van der Waals surface area (Å²) >= 11 is 0. The van der Waals surface area contributed by atoms with Crippen LogP contribution in [0.15, 0.2) is 48.5 Å². The van der Waals surface area contributed by atoms with Crippen molar-refractivity contribution in [3.05, 3.63) is 59.9 Å². The summed E-state index contributed by atoms with van der Waals surface area (Å²) in [5.74, 6) is -0.384. The minimum atomic E-state index is -0.256. The number of rotatable bonds is 6. The second kappa shape index (κ2) is 8.58. The van der Waals surface area contributed by atoms with E-state index in [4.69, 9.17) is 4.74 Å². The highest BCUT2D eigenvalue weighted by atomic mass is 19.1. The highest BCUT2D eigenvalue weighted by Crippen LogP contribution is 2.20. The molecule has 1 aliphatic rings. The topological polar surface area (TPSA) is 58.6 Å². The normalized spacial score (nSPS) is 14.3. The molecule has 0 unspecified atom stereocenters. The third kappa shape index (κ3) is 4.89. The summed E-state index contributed by atoms with van der Waals surface area (Å²) in [5, 5.41) is 2.85. The molecule has 1 heterocycles. The number of benzene rings is 2. The molecule has 0 bridgehead atoms. The number of nitrogens with zero attached hydrogens (tertiary/aromatic N) is 1. The number of hydrogen-bond donors (Lipinski definition) is 1. The van der Waals surface area contributed by atoms with E-state index in [9.17, 15) is 14.0 Å². The van der Waals surface area contributed by atoms with Crippen molar-refractivity contribution in [2.45, 2.75) is 19.3 Å². The second-order valence-electron chi connectivity index (χ2n) is 6.17. The quantitative estimate of drug-likeness (QED) is 0.865. The molecule has 1 aliphatic heterocycles. The smallest absolute Gasteiger partial charge is 0.253 e. The average Bonchev–Trinajstić information content (AvgIpc) is 2.65. The van der Waals surface area contributed by atoms with Gasteiger partial charge in [-0.05, 0) is 54.8 Å². The lowest BCUT2D eigenvalue weighted by Crippen LogP contribution is -2.41. The number of carbonyl (C=O) groups is 2. The van der Waals surface area contributed by atoms with Gasteiger partial charge in [-0.3, -0.25) is 9.59 Å². The number of morpholine rings is 1. The highest BCUT2D eigenvalue weighted by molar-refractivity contribution is 5.95. The first-order valence-corrected chi connectivity index (χ1v) is 8.64. The van der Waals surface area contributed by atoms with Gasteiger partial charge < -0.3 is 15.0 Å². The van der Waals surface area contributed by atoms with Crippen molar-refractivity contribution in [1.29, 1.82) is 0 Å². The van der Waals surface area contributed by atoms with E-state index >= 15 is 0 Å². The van der Waals surface area contributed by atoms with Crippen LogP contribution in [0.3, 0.4) is 0 Å². The van der Waals surface area contributed by atoms with Gasteiger partial charge in [0.2, 0.25) is 5.91 Å². The van der Waals surface area contributed by atoms with Crippen LogP contribution < -0.4 is 10.2 Å². The Kier molecular flexibility index (Phi) is 5.96. The molecule has 0 spiro atoms. The van der Waals surface area contributed by atoms with Crippen molar-refractivity contribution in [1.82, 2.24) is 0 Å². The fourth-order valence-corrected chi connectivity index (χ4v) is 2.84. The molecule has 0 radical (unpaired) electrons. The van der Waals surface area contributed by atoms with Crippen LogP contribution in [0.5, 0.6) is 0 Å². The average molecular weight is 356 g/mol. The van der Waals surface area contributed by atoms with Gasteiger partial charge in [-0.25, -0.2) is 4.39 Å². The minimum Gasteiger partial charge on any atom is -0.370 e. The third-order valence-corrected chi connectivity index (χ3v) is 4.23. The van der Waals surface area contributed by atoms with E-state index in [-0.39, 0.29) is 24.2 Å². The Bertz CT molecular complexity index is 760. The molecule has 0 aliphatic carbocycles. The second-order valence-corrected chi connectivity index (χ2v) is 6.17. The summed E-state index contributed by atoms with van der Waals surface area (Å²) in [7, 11) is 0. The van der Waals surface area contributed by atoms with Gasteiger partial charge in [0.05, 0.1) is 6.61 Å². The maximum atomic E-state index is 12.9. The molecular weight excluding hydrogens is 335 g/mol. The number of halogens is 1. The van der Waals surface area contributed by atoms with Crippen LogP contribution in [0.2, 0.25) is 0 Å². The molecule has 26 heavy (non-hydrogen) atoms. The molecule has 1 N–H and O–H groups in total. The molecule has 2 aromatic rings. The molecule has 0 saturated carbocycles. The lowest BCUT2D eigenvalue weighted by Gasteiger charge is -2.26. The molecule has 3 rings (SSSR count). The zero-order valence-corrected chi connectivity index (χ0v) is 14.4. The summed E-state index contributed by atoms with van der Waals surface area (Å²) in [4.78, 5) is 25.5. The Morgan fingerprint density at radius 1 is 1.12 bits per heavy atom. The van der Waals surface area contributed by atoms with Crippen molar-refractivity contribution in [2.75, 3.05) is 30.0 Å². The monoisotopic (exact) mass is 356 g/mol. The molecular formula is C20H21FN2O3. The van der Waals surface area contributed by atoms with Gasteiger partial charge in [0.1, 0.15) is 12.4 Å². The Balaban J connectivity index is 1.46.